The molecule has 11 heteroatoms. The van der Waals surface area contributed by atoms with Gasteiger partial charge in [-0.1, -0.05) is 49.2 Å². The average molecular weight is 556 g/mol. The molecule has 0 aliphatic rings. The van der Waals surface area contributed by atoms with Crippen molar-refractivity contribution in [1.82, 2.24) is 10.2 Å². The van der Waals surface area contributed by atoms with Crippen LogP contribution in [0.3, 0.4) is 0 Å². The smallest absolute Gasteiger partial charge is 0.354 e. The summed E-state index contributed by atoms with van der Waals surface area (Å²) in [7, 11) is -3.92. The quantitative estimate of drug-likeness (QED) is 0.357. The van der Waals surface area contributed by atoms with E-state index in [1.165, 1.54) is 11.0 Å². The molecule has 1 atom stereocenters. The molecule has 7 nitrogen and oxygen atoms in total. The van der Waals surface area contributed by atoms with Crippen LogP contribution in [0.2, 0.25) is 0 Å². The molecule has 0 bridgehead atoms. The second-order valence-corrected chi connectivity index (χ2v) is 11.2. The maximum Gasteiger partial charge on any atom is 0.416 e. The zero-order valence-electron chi connectivity index (χ0n) is 22.2. The number of halogens is 3. The van der Waals surface area contributed by atoms with Crippen molar-refractivity contribution in [3.05, 3.63) is 65.2 Å². The van der Waals surface area contributed by atoms with E-state index < -0.39 is 27.8 Å². The number of benzene rings is 2. The van der Waals surface area contributed by atoms with Crippen molar-refractivity contribution in [3.63, 3.8) is 0 Å². The highest BCUT2D eigenvalue weighted by molar-refractivity contribution is 7.92. The Hall–Kier alpha value is -3.08. The van der Waals surface area contributed by atoms with Crippen LogP contribution in [0, 0.1) is 6.92 Å². The number of alkyl halides is 3. The molecule has 2 rings (SSSR count). The fourth-order valence-corrected chi connectivity index (χ4v) is 4.92. The molecule has 0 saturated carbocycles. The predicted octanol–water partition coefficient (Wildman–Crippen LogP) is 4.89. The highest BCUT2D eigenvalue weighted by Crippen LogP contribution is 2.32. The zero-order chi connectivity index (χ0) is 28.5. The summed E-state index contributed by atoms with van der Waals surface area (Å²) >= 11 is 0. The van der Waals surface area contributed by atoms with Crippen molar-refractivity contribution in [2.45, 2.75) is 65.2 Å². The molecule has 0 fully saturated rings. The lowest BCUT2D eigenvalue weighted by molar-refractivity contribution is -0.140. The summed E-state index contributed by atoms with van der Waals surface area (Å²) in [5.41, 5.74) is 0.746. The molecule has 0 aliphatic carbocycles. The van der Waals surface area contributed by atoms with Gasteiger partial charge in [0, 0.05) is 26.1 Å². The van der Waals surface area contributed by atoms with E-state index in [0.29, 0.717) is 6.54 Å². The van der Waals surface area contributed by atoms with Gasteiger partial charge in [-0.15, -0.1) is 0 Å². The minimum absolute atomic E-state index is 0.0522. The summed E-state index contributed by atoms with van der Waals surface area (Å²) in [5.74, 6) is -0.650. The molecular formula is C27H36F3N3O4S. The summed E-state index contributed by atoms with van der Waals surface area (Å²) in [6.07, 6.45) is -2.05. The van der Waals surface area contributed by atoms with E-state index in [2.05, 4.69) is 5.32 Å². The third-order valence-corrected chi connectivity index (χ3v) is 7.24. The average Bonchev–Trinajstić information content (AvgIpc) is 2.83. The Bertz CT molecular complexity index is 1200. The van der Waals surface area contributed by atoms with Gasteiger partial charge in [0.15, 0.2) is 0 Å². The third-order valence-electron chi connectivity index (χ3n) is 6.05. The summed E-state index contributed by atoms with van der Waals surface area (Å²) in [4.78, 5) is 27.5. The van der Waals surface area contributed by atoms with Crippen molar-refractivity contribution in [1.29, 1.82) is 0 Å². The number of anilines is 1. The first-order valence-electron chi connectivity index (χ1n) is 12.5. The van der Waals surface area contributed by atoms with Crippen LogP contribution < -0.4 is 9.62 Å². The van der Waals surface area contributed by atoms with Gasteiger partial charge < -0.3 is 10.2 Å². The molecule has 38 heavy (non-hydrogen) atoms. The third kappa shape index (κ3) is 9.34. The van der Waals surface area contributed by atoms with E-state index in [1.807, 2.05) is 38.1 Å². The Kier molecular flexibility index (Phi) is 11.2. The number of carbonyl (C=O) groups excluding carboxylic acids is 2. The second-order valence-electron chi connectivity index (χ2n) is 9.32. The molecule has 0 aromatic heterocycles. The highest BCUT2D eigenvalue weighted by atomic mass is 32.2. The number of carbonyl (C=O) groups is 2. The molecule has 0 unspecified atom stereocenters. The van der Waals surface area contributed by atoms with Crippen molar-refractivity contribution in [2.75, 3.05) is 23.7 Å². The monoisotopic (exact) mass is 555 g/mol. The van der Waals surface area contributed by atoms with Gasteiger partial charge in [0.05, 0.1) is 17.5 Å². The maximum absolute atomic E-state index is 13.3. The van der Waals surface area contributed by atoms with Crippen molar-refractivity contribution in [2.24, 2.45) is 0 Å². The lowest BCUT2D eigenvalue weighted by Gasteiger charge is -2.29. The Labute approximate surface area is 223 Å². The molecule has 0 spiro atoms. The SMILES string of the molecule is CCCCNC(=O)[C@@H](C)N(Cc1cccc(C)c1)C(=O)CCCN(c1cccc(C(F)(F)F)c1)S(C)(=O)=O. The maximum atomic E-state index is 13.3. The second kappa shape index (κ2) is 13.6. The van der Waals surface area contributed by atoms with Gasteiger partial charge in [-0.2, -0.15) is 13.2 Å². The molecule has 0 heterocycles. The summed E-state index contributed by atoms with van der Waals surface area (Å²) in [6.45, 7) is 6.05. The van der Waals surface area contributed by atoms with Gasteiger partial charge >= 0.3 is 6.18 Å². The van der Waals surface area contributed by atoms with Crippen LogP contribution in [-0.2, 0) is 32.3 Å². The number of unbranched alkanes of at least 4 members (excludes halogenated alkanes) is 1. The van der Waals surface area contributed by atoms with Gasteiger partial charge in [0.1, 0.15) is 6.04 Å². The Morgan fingerprint density at radius 2 is 1.74 bits per heavy atom. The van der Waals surface area contributed by atoms with E-state index in [4.69, 9.17) is 0 Å². The lowest BCUT2D eigenvalue weighted by atomic mass is 10.1. The first kappa shape index (κ1) is 31.1. The number of nitrogens with zero attached hydrogens (tertiary/aromatic N) is 2. The highest BCUT2D eigenvalue weighted by Gasteiger charge is 2.32. The number of aryl methyl sites for hydroxylation is 1. The first-order chi connectivity index (χ1) is 17.7. The molecule has 2 aromatic carbocycles. The van der Waals surface area contributed by atoms with Crippen LogP contribution >= 0.6 is 0 Å². The van der Waals surface area contributed by atoms with Crippen LogP contribution in [-0.4, -0.2) is 50.5 Å². The molecule has 0 radical (unpaired) electrons. The molecule has 1 N–H and O–H groups in total. The van der Waals surface area contributed by atoms with E-state index in [1.54, 1.807) is 6.92 Å². The normalized spacial score (nSPS) is 12.6. The van der Waals surface area contributed by atoms with E-state index in [0.717, 1.165) is 52.7 Å². The van der Waals surface area contributed by atoms with E-state index in [-0.39, 0.29) is 43.4 Å². The number of nitrogens with one attached hydrogen (secondary N) is 1. The number of sulfonamides is 1. The molecule has 0 aliphatic heterocycles. The standard InChI is InChI=1S/C27H36F3N3O4S/c1-5-6-15-31-26(35)21(3)32(19-22-11-7-10-20(2)17-22)25(34)14-9-16-33(38(4,36)37)24-13-8-12-23(18-24)27(28,29)30/h7-8,10-13,17-18,21H,5-6,9,14-16,19H2,1-4H3,(H,31,35)/t21-/m1/s1. The number of amides is 2. The zero-order valence-corrected chi connectivity index (χ0v) is 23.0. The van der Waals surface area contributed by atoms with Crippen LogP contribution in [0.25, 0.3) is 0 Å². The van der Waals surface area contributed by atoms with Crippen molar-refractivity contribution < 1.29 is 31.2 Å². The number of rotatable bonds is 13. The number of hydrogen-bond donors (Lipinski definition) is 1. The van der Waals surface area contributed by atoms with Crippen molar-refractivity contribution >= 4 is 27.5 Å². The van der Waals surface area contributed by atoms with Gasteiger partial charge in [0.25, 0.3) is 0 Å². The van der Waals surface area contributed by atoms with Gasteiger partial charge in [-0.3, -0.25) is 13.9 Å². The van der Waals surface area contributed by atoms with Crippen LogP contribution in [0.5, 0.6) is 0 Å². The minimum atomic E-state index is -4.63. The Morgan fingerprint density at radius 3 is 2.34 bits per heavy atom. The molecule has 210 valence electrons. The minimum Gasteiger partial charge on any atom is -0.354 e. The summed E-state index contributed by atoms with van der Waals surface area (Å²) in [6, 6.07) is 10.8. The van der Waals surface area contributed by atoms with Gasteiger partial charge in [-0.05, 0) is 50.5 Å². The van der Waals surface area contributed by atoms with Crippen LogP contribution in [0.15, 0.2) is 48.5 Å². The van der Waals surface area contributed by atoms with Crippen LogP contribution in [0.1, 0.15) is 56.2 Å². The number of hydrogen-bond acceptors (Lipinski definition) is 4. The molecule has 0 saturated heterocycles. The summed E-state index contributed by atoms with van der Waals surface area (Å²) in [5, 5.41) is 2.84. The lowest BCUT2D eigenvalue weighted by Crippen LogP contribution is -2.48. The largest absolute Gasteiger partial charge is 0.416 e. The van der Waals surface area contributed by atoms with Gasteiger partial charge in [-0.25, -0.2) is 8.42 Å². The van der Waals surface area contributed by atoms with E-state index >= 15 is 0 Å². The van der Waals surface area contributed by atoms with Crippen LogP contribution in [0.4, 0.5) is 18.9 Å². The Morgan fingerprint density at radius 1 is 1.05 bits per heavy atom. The molecule has 2 amide bonds. The Balaban J connectivity index is 2.19. The van der Waals surface area contributed by atoms with E-state index in [9.17, 15) is 31.2 Å². The van der Waals surface area contributed by atoms with Crippen molar-refractivity contribution in [3.8, 4) is 0 Å². The van der Waals surface area contributed by atoms with Gasteiger partial charge in [0.2, 0.25) is 21.8 Å². The summed E-state index contributed by atoms with van der Waals surface area (Å²) < 4.78 is 65.2. The molecule has 2 aromatic rings. The predicted molar refractivity (Wildman–Crippen MR) is 142 cm³/mol. The topological polar surface area (TPSA) is 86.8 Å². The fourth-order valence-electron chi connectivity index (χ4n) is 3.97. The molecular weight excluding hydrogens is 519 g/mol. The fraction of sp³-hybridized carbons (Fsp3) is 0.481. The first-order valence-corrected chi connectivity index (χ1v) is 14.4.